The van der Waals surface area contributed by atoms with Gasteiger partial charge in [0.15, 0.2) is 22.5 Å². The second-order valence-electron chi connectivity index (χ2n) is 6.58. The lowest BCUT2D eigenvalue weighted by atomic mass is 10.1. The van der Waals surface area contributed by atoms with Crippen molar-refractivity contribution in [3.8, 4) is 22.8 Å². The number of amides is 1. The summed E-state index contributed by atoms with van der Waals surface area (Å²) in [5.74, 6) is 2.60. The maximum Gasteiger partial charge on any atom is 0.258 e. The van der Waals surface area contributed by atoms with E-state index in [0.29, 0.717) is 39.7 Å². The molecule has 0 saturated carbocycles. The van der Waals surface area contributed by atoms with Crippen LogP contribution in [0.3, 0.4) is 0 Å². The highest BCUT2D eigenvalue weighted by atomic mass is 32.2. The van der Waals surface area contributed by atoms with Gasteiger partial charge >= 0.3 is 0 Å². The zero-order chi connectivity index (χ0) is 22.5. The maximum atomic E-state index is 12.9. The van der Waals surface area contributed by atoms with E-state index >= 15 is 0 Å². The third-order valence-electron chi connectivity index (χ3n) is 4.46. The van der Waals surface area contributed by atoms with Crippen molar-refractivity contribution in [3.05, 3.63) is 65.1 Å². The predicted octanol–water partition coefficient (Wildman–Crippen LogP) is 5.06. The highest BCUT2D eigenvalue weighted by Crippen LogP contribution is 2.34. The molecule has 2 heterocycles. The zero-order valence-corrected chi connectivity index (χ0v) is 19.3. The Kier molecular flexibility index (Phi) is 6.72. The highest BCUT2D eigenvalue weighted by molar-refractivity contribution is 7.98. The second-order valence-corrected chi connectivity index (χ2v) is 8.46. The van der Waals surface area contributed by atoms with Crippen molar-refractivity contribution in [1.29, 1.82) is 0 Å². The molecule has 0 fully saturated rings. The normalized spacial score (nSPS) is 10.7. The Morgan fingerprint density at radius 2 is 1.94 bits per heavy atom. The molecule has 1 N–H and O–H groups in total. The molecule has 164 valence electrons. The number of hydrogen-bond acceptors (Lipinski definition) is 9. The van der Waals surface area contributed by atoms with Crippen LogP contribution in [0.25, 0.3) is 11.3 Å². The van der Waals surface area contributed by atoms with E-state index in [1.54, 1.807) is 27.2 Å². The number of hydrogen-bond donors (Lipinski definition) is 1. The van der Waals surface area contributed by atoms with Crippen molar-refractivity contribution in [1.82, 2.24) is 15.1 Å². The number of nitrogens with zero attached hydrogens (tertiary/aromatic N) is 3. The number of carbonyl (C=O) groups excluding carboxylic acids is 1. The minimum atomic E-state index is -0.233. The van der Waals surface area contributed by atoms with Crippen molar-refractivity contribution in [2.45, 2.75) is 17.6 Å². The number of anilines is 1. The van der Waals surface area contributed by atoms with Gasteiger partial charge in [-0.1, -0.05) is 17.3 Å². The first-order chi connectivity index (χ1) is 15.6. The SMILES string of the molecule is COc1ccc(-c2csc(NC(=O)c3ccccc3SCc3nc(C)no3)n2)cc1OC. The van der Waals surface area contributed by atoms with Crippen molar-refractivity contribution in [3.63, 3.8) is 0 Å². The smallest absolute Gasteiger partial charge is 0.258 e. The molecule has 2 aromatic heterocycles. The Morgan fingerprint density at radius 3 is 2.69 bits per heavy atom. The fourth-order valence-electron chi connectivity index (χ4n) is 2.94. The number of aromatic nitrogens is 3. The molecule has 0 unspecified atom stereocenters. The molecule has 4 aromatic rings. The average molecular weight is 469 g/mol. The molecule has 0 spiro atoms. The average Bonchev–Trinajstić information content (AvgIpc) is 3.46. The van der Waals surface area contributed by atoms with E-state index in [-0.39, 0.29) is 5.91 Å². The van der Waals surface area contributed by atoms with Crippen LogP contribution in [0.5, 0.6) is 11.5 Å². The summed E-state index contributed by atoms with van der Waals surface area (Å²) < 4.78 is 15.8. The monoisotopic (exact) mass is 468 g/mol. The molecule has 0 saturated heterocycles. The summed E-state index contributed by atoms with van der Waals surface area (Å²) >= 11 is 2.82. The van der Waals surface area contributed by atoms with Gasteiger partial charge in [-0.25, -0.2) is 4.98 Å². The van der Waals surface area contributed by atoms with E-state index in [4.69, 9.17) is 14.0 Å². The number of thiazole rings is 1. The minimum absolute atomic E-state index is 0.233. The van der Waals surface area contributed by atoms with Crippen LogP contribution in [0.4, 0.5) is 5.13 Å². The van der Waals surface area contributed by atoms with Crippen LogP contribution in [-0.4, -0.2) is 35.3 Å². The molecule has 0 aliphatic rings. The van der Waals surface area contributed by atoms with Crippen molar-refractivity contribution in [2.24, 2.45) is 0 Å². The van der Waals surface area contributed by atoms with Gasteiger partial charge in [0.2, 0.25) is 5.89 Å². The lowest BCUT2D eigenvalue weighted by Gasteiger charge is -2.08. The number of methoxy groups -OCH3 is 2. The topological polar surface area (TPSA) is 99.4 Å². The number of benzene rings is 2. The van der Waals surface area contributed by atoms with Crippen LogP contribution in [0, 0.1) is 6.92 Å². The van der Waals surface area contributed by atoms with Crippen molar-refractivity contribution < 1.29 is 18.8 Å². The molecule has 4 rings (SSSR count). The van der Waals surface area contributed by atoms with Gasteiger partial charge in [0.25, 0.3) is 5.91 Å². The lowest BCUT2D eigenvalue weighted by Crippen LogP contribution is -2.12. The summed E-state index contributed by atoms with van der Waals surface area (Å²) in [5.41, 5.74) is 2.16. The summed E-state index contributed by atoms with van der Waals surface area (Å²) in [7, 11) is 3.18. The van der Waals surface area contributed by atoms with Crippen LogP contribution >= 0.6 is 23.1 Å². The largest absolute Gasteiger partial charge is 0.493 e. The van der Waals surface area contributed by atoms with Gasteiger partial charge in [-0.3, -0.25) is 10.1 Å². The molecular weight excluding hydrogens is 448 g/mol. The van der Waals surface area contributed by atoms with Gasteiger partial charge in [0, 0.05) is 15.8 Å². The first-order valence-corrected chi connectivity index (χ1v) is 11.4. The van der Waals surface area contributed by atoms with Crippen molar-refractivity contribution in [2.75, 3.05) is 19.5 Å². The second kappa shape index (κ2) is 9.84. The number of nitrogens with one attached hydrogen (secondary N) is 1. The van der Waals surface area contributed by atoms with Crippen LogP contribution in [-0.2, 0) is 5.75 Å². The quantitative estimate of drug-likeness (QED) is 0.358. The molecule has 1 amide bonds. The number of thioether (sulfide) groups is 1. The fourth-order valence-corrected chi connectivity index (χ4v) is 4.54. The van der Waals surface area contributed by atoms with Crippen molar-refractivity contribution >= 4 is 34.1 Å². The van der Waals surface area contributed by atoms with Gasteiger partial charge < -0.3 is 14.0 Å². The van der Waals surface area contributed by atoms with Gasteiger partial charge in [0.1, 0.15) is 0 Å². The molecule has 2 aromatic carbocycles. The van der Waals surface area contributed by atoms with E-state index < -0.39 is 0 Å². The fraction of sp³-hybridized carbons (Fsp3) is 0.182. The molecule has 0 aliphatic carbocycles. The zero-order valence-electron chi connectivity index (χ0n) is 17.6. The summed E-state index contributed by atoms with van der Waals surface area (Å²) in [4.78, 5) is 22.5. The van der Waals surface area contributed by atoms with Gasteiger partial charge in [-0.05, 0) is 37.3 Å². The third kappa shape index (κ3) is 4.92. The molecule has 0 bridgehead atoms. The van der Waals surface area contributed by atoms with Crippen LogP contribution in [0.15, 0.2) is 57.3 Å². The Hall–Kier alpha value is -3.37. The lowest BCUT2D eigenvalue weighted by molar-refractivity contribution is 0.102. The van der Waals surface area contributed by atoms with Gasteiger partial charge in [-0.15, -0.1) is 23.1 Å². The summed E-state index contributed by atoms with van der Waals surface area (Å²) in [5, 5.41) is 9.07. The van der Waals surface area contributed by atoms with Crippen LogP contribution in [0.2, 0.25) is 0 Å². The molecule has 10 heteroatoms. The molecule has 0 atom stereocenters. The molecule has 0 radical (unpaired) electrons. The number of aryl methyl sites for hydroxylation is 1. The van der Waals surface area contributed by atoms with E-state index in [2.05, 4.69) is 20.4 Å². The van der Waals surface area contributed by atoms with E-state index in [0.717, 1.165) is 16.2 Å². The first-order valence-electron chi connectivity index (χ1n) is 9.57. The number of carbonyl (C=O) groups is 1. The van der Waals surface area contributed by atoms with Gasteiger partial charge in [-0.2, -0.15) is 4.98 Å². The molecule has 8 nitrogen and oxygen atoms in total. The predicted molar refractivity (Wildman–Crippen MR) is 124 cm³/mol. The molecular formula is C22H20N4O4S2. The minimum Gasteiger partial charge on any atom is -0.493 e. The van der Waals surface area contributed by atoms with E-state index in [1.807, 2.05) is 41.8 Å². The van der Waals surface area contributed by atoms with Crippen LogP contribution in [0.1, 0.15) is 22.1 Å². The van der Waals surface area contributed by atoms with Gasteiger partial charge in [0.05, 0.1) is 31.2 Å². The Bertz CT molecular complexity index is 1240. The van der Waals surface area contributed by atoms with E-state index in [9.17, 15) is 4.79 Å². The standard InChI is InChI=1S/C22H20N4O4S2/c1-13-23-20(30-26-13)12-31-19-7-5-4-6-15(19)21(27)25-22-24-16(11-32-22)14-8-9-17(28-2)18(10-14)29-3/h4-11H,12H2,1-3H3,(H,24,25,27). The number of rotatable bonds is 8. The Morgan fingerprint density at radius 1 is 1.12 bits per heavy atom. The Balaban J connectivity index is 1.48. The summed E-state index contributed by atoms with van der Waals surface area (Å²) in [6.07, 6.45) is 0. The first kappa shape index (κ1) is 21.8. The van der Waals surface area contributed by atoms with E-state index in [1.165, 1.54) is 23.1 Å². The number of ether oxygens (including phenoxy) is 2. The summed E-state index contributed by atoms with van der Waals surface area (Å²) in [6, 6.07) is 12.9. The molecule has 32 heavy (non-hydrogen) atoms. The van der Waals surface area contributed by atoms with Crippen LogP contribution < -0.4 is 14.8 Å². The Labute approximate surface area is 193 Å². The summed E-state index contributed by atoms with van der Waals surface area (Å²) in [6.45, 7) is 1.77. The highest BCUT2D eigenvalue weighted by Gasteiger charge is 2.16. The third-order valence-corrected chi connectivity index (χ3v) is 6.27. The maximum absolute atomic E-state index is 12.9. The molecule has 0 aliphatic heterocycles.